The van der Waals surface area contributed by atoms with Crippen LogP contribution in [-0.4, -0.2) is 67.3 Å². The lowest BCUT2D eigenvalue weighted by atomic mass is 10.2. The molecule has 0 N–H and O–H groups in total. The van der Waals surface area contributed by atoms with Gasteiger partial charge in [0, 0.05) is 38.9 Å². The lowest BCUT2D eigenvalue weighted by Crippen LogP contribution is -2.54. The number of hydrogen-bond donors (Lipinski definition) is 0. The van der Waals surface area contributed by atoms with Gasteiger partial charge in [0.1, 0.15) is 17.7 Å². The molecule has 1 aromatic heterocycles. The summed E-state index contributed by atoms with van der Waals surface area (Å²) in [6.45, 7) is 2.65. The number of anilines is 1. The van der Waals surface area contributed by atoms with Gasteiger partial charge in [0.2, 0.25) is 15.9 Å². The first kappa shape index (κ1) is 19.8. The Labute approximate surface area is 169 Å². The van der Waals surface area contributed by atoms with E-state index >= 15 is 0 Å². The normalized spacial score (nSPS) is 20.8. The molecule has 3 heterocycles. The molecule has 1 aromatic carbocycles. The second kappa shape index (κ2) is 8.08. The average molecular weight is 418 g/mol. The van der Waals surface area contributed by atoms with Crippen molar-refractivity contribution in [2.24, 2.45) is 0 Å². The van der Waals surface area contributed by atoms with Gasteiger partial charge in [-0.15, -0.1) is 0 Å². The highest BCUT2D eigenvalue weighted by Crippen LogP contribution is 2.28. The van der Waals surface area contributed by atoms with Crippen molar-refractivity contribution in [1.82, 2.24) is 14.2 Å². The second-order valence-corrected chi connectivity index (χ2v) is 9.12. The summed E-state index contributed by atoms with van der Waals surface area (Å²) >= 11 is 0. The van der Waals surface area contributed by atoms with Crippen LogP contribution in [0, 0.1) is 5.82 Å². The van der Waals surface area contributed by atoms with Gasteiger partial charge >= 0.3 is 0 Å². The zero-order valence-corrected chi connectivity index (χ0v) is 16.8. The number of carbonyl (C=O) groups is 1. The van der Waals surface area contributed by atoms with Crippen molar-refractivity contribution in [3.63, 3.8) is 0 Å². The Kier molecular flexibility index (Phi) is 5.51. The molecule has 2 saturated heterocycles. The van der Waals surface area contributed by atoms with Crippen LogP contribution in [-0.2, 0) is 14.8 Å². The van der Waals surface area contributed by atoms with Crippen LogP contribution in [0.5, 0.6) is 0 Å². The van der Waals surface area contributed by atoms with E-state index < -0.39 is 21.9 Å². The number of aromatic nitrogens is 1. The highest BCUT2D eigenvalue weighted by atomic mass is 32.2. The Morgan fingerprint density at radius 1 is 1.00 bits per heavy atom. The second-order valence-electron chi connectivity index (χ2n) is 7.23. The fourth-order valence-electron chi connectivity index (χ4n) is 3.92. The lowest BCUT2D eigenvalue weighted by Gasteiger charge is -2.37. The van der Waals surface area contributed by atoms with E-state index in [0.717, 1.165) is 18.0 Å². The van der Waals surface area contributed by atoms with Crippen LogP contribution in [0.15, 0.2) is 53.6 Å². The van der Waals surface area contributed by atoms with Gasteiger partial charge in [-0.1, -0.05) is 6.07 Å². The zero-order chi connectivity index (χ0) is 20.4. The number of hydrogen-bond acceptors (Lipinski definition) is 5. The molecule has 0 saturated carbocycles. The van der Waals surface area contributed by atoms with E-state index in [0.29, 0.717) is 45.6 Å². The van der Waals surface area contributed by atoms with Crippen molar-refractivity contribution in [3.8, 4) is 0 Å². The van der Waals surface area contributed by atoms with E-state index in [9.17, 15) is 17.6 Å². The van der Waals surface area contributed by atoms with Crippen molar-refractivity contribution in [1.29, 1.82) is 0 Å². The SMILES string of the molecule is O=C(C1CCCN1S(=O)(=O)c1ccc(F)cc1)N1CCN(c2ccccn2)CC1. The fourth-order valence-corrected chi connectivity index (χ4v) is 5.57. The molecule has 1 unspecified atom stereocenters. The molecule has 0 bridgehead atoms. The number of carbonyl (C=O) groups excluding carboxylic acids is 1. The topological polar surface area (TPSA) is 73.8 Å². The summed E-state index contributed by atoms with van der Waals surface area (Å²) in [6.07, 6.45) is 2.87. The molecule has 2 aliphatic heterocycles. The number of amides is 1. The molecule has 2 fully saturated rings. The third-order valence-electron chi connectivity index (χ3n) is 5.47. The third-order valence-corrected chi connectivity index (χ3v) is 7.40. The van der Waals surface area contributed by atoms with Crippen LogP contribution in [0.4, 0.5) is 10.2 Å². The first-order chi connectivity index (χ1) is 14.0. The Morgan fingerprint density at radius 3 is 2.38 bits per heavy atom. The van der Waals surface area contributed by atoms with E-state index in [4.69, 9.17) is 0 Å². The van der Waals surface area contributed by atoms with Crippen LogP contribution >= 0.6 is 0 Å². The minimum absolute atomic E-state index is 0.0126. The molecular weight excluding hydrogens is 395 g/mol. The van der Waals surface area contributed by atoms with Crippen molar-refractivity contribution in [2.75, 3.05) is 37.6 Å². The molecule has 154 valence electrons. The number of rotatable bonds is 4. The largest absolute Gasteiger partial charge is 0.353 e. The molecule has 0 radical (unpaired) electrons. The summed E-state index contributed by atoms with van der Waals surface area (Å²) in [5.74, 6) is 0.221. The Morgan fingerprint density at radius 2 is 1.72 bits per heavy atom. The highest BCUT2D eigenvalue weighted by Gasteiger charge is 2.41. The Bertz CT molecular complexity index is 961. The van der Waals surface area contributed by atoms with Gasteiger partial charge in [-0.05, 0) is 49.2 Å². The molecule has 4 rings (SSSR count). The van der Waals surface area contributed by atoms with Gasteiger partial charge in [0.25, 0.3) is 0 Å². The maximum Gasteiger partial charge on any atom is 0.243 e. The Balaban J connectivity index is 1.45. The summed E-state index contributed by atoms with van der Waals surface area (Å²) in [5, 5.41) is 0. The van der Waals surface area contributed by atoms with Crippen LogP contribution in [0.25, 0.3) is 0 Å². The molecule has 7 nitrogen and oxygen atoms in total. The van der Waals surface area contributed by atoms with E-state index in [-0.39, 0.29) is 10.8 Å². The number of nitrogens with zero attached hydrogens (tertiary/aromatic N) is 4. The van der Waals surface area contributed by atoms with Crippen molar-refractivity contribution in [2.45, 2.75) is 23.8 Å². The average Bonchev–Trinajstić information content (AvgIpc) is 3.25. The number of pyridine rings is 1. The fraction of sp³-hybridized carbons (Fsp3) is 0.400. The number of sulfonamides is 1. The van der Waals surface area contributed by atoms with Gasteiger partial charge in [-0.3, -0.25) is 4.79 Å². The van der Waals surface area contributed by atoms with Crippen molar-refractivity contribution in [3.05, 3.63) is 54.5 Å². The summed E-state index contributed by atoms with van der Waals surface area (Å²) in [6, 6.07) is 9.76. The minimum atomic E-state index is -3.84. The van der Waals surface area contributed by atoms with Crippen LogP contribution < -0.4 is 4.90 Å². The standard InChI is InChI=1S/C20H23FN4O3S/c21-16-6-8-17(9-7-16)29(27,28)25-11-3-4-18(25)20(26)24-14-12-23(13-15-24)19-5-1-2-10-22-19/h1-2,5-10,18H,3-4,11-15H2. The predicted octanol–water partition coefficient (Wildman–Crippen LogP) is 1.72. The molecule has 2 aromatic rings. The van der Waals surface area contributed by atoms with Crippen molar-refractivity contribution < 1.29 is 17.6 Å². The van der Waals surface area contributed by atoms with Crippen molar-refractivity contribution >= 4 is 21.7 Å². The van der Waals surface area contributed by atoms with Gasteiger partial charge in [0.15, 0.2) is 0 Å². The van der Waals surface area contributed by atoms with Gasteiger partial charge in [0.05, 0.1) is 4.90 Å². The first-order valence-electron chi connectivity index (χ1n) is 9.69. The Hall–Kier alpha value is -2.52. The van der Waals surface area contributed by atoms with Crippen LogP contribution in [0.2, 0.25) is 0 Å². The molecule has 1 atom stereocenters. The summed E-state index contributed by atoms with van der Waals surface area (Å²) in [7, 11) is -3.84. The summed E-state index contributed by atoms with van der Waals surface area (Å²) in [5.41, 5.74) is 0. The monoisotopic (exact) mass is 418 g/mol. The third kappa shape index (κ3) is 3.97. The number of benzene rings is 1. The van der Waals surface area contributed by atoms with Crippen LogP contribution in [0.1, 0.15) is 12.8 Å². The van der Waals surface area contributed by atoms with E-state index in [2.05, 4.69) is 9.88 Å². The molecular formula is C20H23FN4O3S. The molecule has 1 amide bonds. The quantitative estimate of drug-likeness (QED) is 0.756. The molecule has 0 aliphatic carbocycles. The van der Waals surface area contributed by atoms with E-state index in [1.807, 2.05) is 18.2 Å². The van der Waals surface area contributed by atoms with E-state index in [1.54, 1.807) is 11.1 Å². The van der Waals surface area contributed by atoms with Gasteiger partial charge < -0.3 is 9.80 Å². The maximum atomic E-state index is 13.2. The predicted molar refractivity (Wildman–Crippen MR) is 106 cm³/mol. The zero-order valence-electron chi connectivity index (χ0n) is 15.9. The van der Waals surface area contributed by atoms with Gasteiger partial charge in [-0.25, -0.2) is 17.8 Å². The summed E-state index contributed by atoms with van der Waals surface area (Å²) < 4.78 is 40.4. The van der Waals surface area contributed by atoms with Crippen LogP contribution in [0.3, 0.4) is 0 Å². The number of piperazine rings is 1. The molecule has 29 heavy (non-hydrogen) atoms. The number of halogens is 1. The smallest absolute Gasteiger partial charge is 0.243 e. The highest BCUT2D eigenvalue weighted by molar-refractivity contribution is 7.89. The first-order valence-corrected chi connectivity index (χ1v) is 11.1. The lowest BCUT2D eigenvalue weighted by molar-refractivity contribution is -0.134. The maximum absolute atomic E-state index is 13.2. The molecule has 9 heteroatoms. The molecule has 0 spiro atoms. The minimum Gasteiger partial charge on any atom is -0.353 e. The van der Waals surface area contributed by atoms with Gasteiger partial charge in [-0.2, -0.15) is 4.31 Å². The molecule has 2 aliphatic rings. The summed E-state index contributed by atoms with van der Waals surface area (Å²) in [4.78, 5) is 21.3. The van der Waals surface area contributed by atoms with E-state index in [1.165, 1.54) is 16.4 Å².